The molecular weight excluding hydrogens is 286 g/mol. The Morgan fingerprint density at radius 1 is 1.17 bits per heavy atom. The molecule has 0 saturated heterocycles. The van der Waals surface area contributed by atoms with E-state index in [1.54, 1.807) is 6.08 Å². The van der Waals surface area contributed by atoms with Gasteiger partial charge in [0.1, 0.15) is 12.7 Å². The molecule has 0 fully saturated rings. The van der Waals surface area contributed by atoms with Gasteiger partial charge >= 0.3 is 5.82 Å². The van der Waals surface area contributed by atoms with Crippen LogP contribution in [0.2, 0.25) is 0 Å². The summed E-state index contributed by atoms with van der Waals surface area (Å²) < 4.78 is 4.00. The molecule has 2 rings (SSSR count). The zero-order chi connectivity index (χ0) is 17.0. The highest BCUT2D eigenvalue weighted by Gasteiger charge is 2.16. The molecule has 0 aliphatic rings. The lowest BCUT2D eigenvalue weighted by Crippen LogP contribution is -2.41. The van der Waals surface area contributed by atoms with E-state index in [0.29, 0.717) is 0 Å². The molecule has 0 saturated carbocycles. The molecule has 2 aromatic rings. The van der Waals surface area contributed by atoms with Crippen molar-refractivity contribution in [3.8, 4) is 0 Å². The Kier molecular flexibility index (Phi) is 5.11. The first-order valence-electron chi connectivity index (χ1n) is 7.52. The summed E-state index contributed by atoms with van der Waals surface area (Å²) in [4.78, 5) is 2.06. The van der Waals surface area contributed by atoms with Gasteiger partial charge in [-0.25, -0.2) is 4.68 Å². The third-order valence-corrected chi connectivity index (χ3v) is 3.81. The van der Waals surface area contributed by atoms with Gasteiger partial charge in [-0.2, -0.15) is 4.68 Å². The summed E-state index contributed by atoms with van der Waals surface area (Å²) >= 11 is 0. The topological polar surface area (TPSA) is 36.8 Å². The van der Waals surface area contributed by atoms with Gasteiger partial charge in [-0.1, -0.05) is 18.7 Å². The van der Waals surface area contributed by atoms with Gasteiger partial charge in [0.2, 0.25) is 0 Å². The minimum atomic E-state index is 0.819. The molecule has 23 heavy (non-hydrogen) atoms. The fourth-order valence-corrected chi connectivity index (χ4v) is 2.39. The van der Waals surface area contributed by atoms with E-state index >= 15 is 0 Å². The Bertz CT molecular complexity index is 839. The van der Waals surface area contributed by atoms with Crippen LogP contribution in [0.4, 0.5) is 17.2 Å². The predicted octanol–water partition coefficient (Wildman–Crippen LogP) is 2.10. The highest BCUT2D eigenvalue weighted by atomic mass is 15.4. The molecule has 0 aliphatic carbocycles. The molecule has 0 amide bonds. The van der Waals surface area contributed by atoms with Crippen LogP contribution in [0.15, 0.2) is 47.1 Å². The maximum absolute atomic E-state index is 4.45. The highest BCUT2D eigenvalue weighted by Crippen LogP contribution is 2.19. The van der Waals surface area contributed by atoms with E-state index < -0.39 is 0 Å². The minimum absolute atomic E-state index is 0.819. The molecule has 0 unspecified atom stereocenters. The van der Waals surface area contributed by atoms with Gasteiger partial charge in [-0.05, 0) is 42.4 Å². The molecule has 0 aliphatic heterocycles. The Morgan fingerprint density at radius 2 is 1.83 bits per heavy atom. The van der Waals surface area contributed by atoms with E-state index in [1.807, 2.05) is 80.9 Å². The maximum Gasteiger partial charge on any atom is 0.378 e. The van der Waals surface area contributed by atoms with Crippen molar-refractivity contribution in [1.82, 2.24) is 4.68 Å². The Balaban J connectivity index is 2.46. The van der Waals surface area contributed by atoms with E-state index in [2.05, 4.69) is 21.7 Å². The summed E-state index contributed by atoms with van der Waals surface area (Å²) in [6.07, 6.45) is 5.79. The Morgan fingerprint density at radius 3 is 2.35 bits per heavy atom. The van der Waals surface area contributed by atoms with Gasteiger partial charge in [0, 0.05) is 26.8 Å². The standard InChI is InChI=1S/C18H24N5/c1-7-9-17-16(8-2)18(23(6)22(17)5)20-19-14-10-12-15(13-11-14)21(3)4/h7-13H,1H2,2-6H3/q+1/b16-8+,17-9+. The van der Waals surface area contributed by atoms with Crippen molar-refractivity contribution in [3.63, 3.8) is 0 Å². The van der Waals surface area contributed by atoms with Gasteiger partial charge in [-0.15, -0.1) is 0 Å². The number of rotatable bonds is 4. The number of azo groups is 1. The van der Waals surface area contributed by atoms with E-state index in [4.69, 9.17) is 0 Å². The molecule has 0 bridgehead atoms. The van der Waals surface area contributed by atoms with Crippen molar-refractivity contribution in [3.05, 3.63) is 47.5 Å². The SMILES string of the molecule is C=C/C=c1\c(=C/C)c(N=Nc2ccc(N(C)C)cc2)[n+](C)n1C. The van der Waals surface area contributed by atoms with Crippen LogP contribution in [-0.4, -0.2) is 18.8 Å². The van der Waals surface area contributed by atoms with Crippen molar-refractivity contribution in [2.75, 3.05) is 19.0 Å². The van der Waals surface area contributed by atoms with Crippen LogP contribution in [0, 0.1) is 0 Å². The molecule has 5 heteroatoms. The second kappa shape index (κ2) is 7.05. The number of nitrogens with zero attached hydrogens (tertiary/aromatic N) is 5. The Hall–Kier alpha value is -2.69. The molecular formula is C18H24N5+. The lowest BCUT2D eigenvalue weighted by atomic mass is 10.3. The zero-order valence-corrected chi connectivity index (χ0v) is 14.5. The van der Waals surface area contributed by atoms with Gasteiger partial charge in [0.05, 0.1) is 15.7 Å². The molecule has 1 aromatic carbocycles. The fourth-order valence-electron chi connectivity index (χ4n) is 2.39. The lowest BCUT2D eigenvalue weighted by molar-refractivity contribution is -0.740. The van der Waals surface area contributed by atoms with Crippen molar-refractivity contribution >= 4 is 29.3 Å². The van der Waals surface area contributed by atoms with Crippen molar-refractivity contribution in [2.24, 2.45) is 24.3 Å². The smallest absolute Gasteiger partial charge is 0.378 e. The molecule has 0 radical (unpaired) electrons. The number of benzene rings is 1. The zero-order valence-electron chi connectivity index (χ0n) is 14.5. The normalized spacial score (nSPS) is 13.1. The lowest BCUT2D eigenvalue weighted by Gasteiger charge is -2.11. The van der Waals surface area contributed by atoms with Crippen molar-refractivity contribution in [1.29, 1.82) is 0 Å². The van der Waals surface area contributed by atoms with Crippen LogP contribution in [-0.2, 0) is 14.1 Å². The van der Waals surface area contributed by atoms with Gasteiger partial charge < -0.3 is 4.90 Å². The third kappa shape index (κ3) is 3.39. The van der Waals surface area contributed by atoms with Gasteiger partial charge in [-0.3, -0.25) is 0 Å². The molecule has 120 valence electrons. The number of anilines is 1. The largest absolute Gasteiger partial charge is 0.378 e. The van der Waals surface area contributed by atoms with Crippen molar-refractivity contribution in [2.45, 2.75) is 6.92 Å². The Labute approximate surface area is 137 Å². The van der Waals surface area contributed by atoms with E-state index in [1.165, 1.54) is 0 Å². The van der Waals surface area contributed by atoms with Gasteiger partial charge in [0.15, 0.2) is 0 Å². The van der Waals surface area contributed by atoms with Crippen LogP contribution in [0.5, 0.6) is 0 Å². The summed E-state index contributed by atoms with van der Waals surface area (Å²) in [6, 6.07) is 7.99. The second-order valence-electron chi connectivity index (χ2n) is 5.47. The first-order chi connectivity index (χ1) is 11.0. The highest BCUT2D eigenvalue weighted by molar-refractivity contribution is 5.51. The molecule has 5 nitrogen and oxygen atoms in total. The number of hydrogen-bond acceptors (Lipinski definition) is 3. The molecule has 0 N–H and O–H groups in total. The van der Waals surface area contributed by atoms with Gasteiger partial charge in [0.25, 0.3) is 0 Å². The third-order valence-electron chi connectivity index (χ3n) is 3.81. The molecule has 1 aromatic heterocycles. The number of allylic oxidation sites excluding steroid dienone is 1. The van der Waals surface area contributed by atoms with E-state index in [-0.39, 0.29) is 0 Å². The van der Waals surface area contributed by atoms with Crippen molar-refractivity contribution < 1.29 is 4.68 Å². The van der Waals surface area contributed by atoms with Crippen LogP contribution in [0.3, 0.4) is 0 Å². The van der Waals surface area contributed by atoms with Crippen LogP contribution < -0.4 is 20.1 Å². The summed E-state index contributed by atoms with van der Waals surface area (Å²) in [7, 11) is 7.99. The average molecular weight is 310 g/mol. The summed E-state index contributed by atoms with van der Waals surface area (Å²) in [5, 5.41) is 10.9. The summed E-state index contributed by atoms with van der Waals surface area (Å²) in [5.41, 5.74) is 1.97. The number of hydrogen-bond donors (Lipinski definition) is 0. The first kappa shape index (κ1) is 16.7. The molecule has 0 spiro atoms. The van der Waals surface area contributed by atoms with Crippen LogP contribution in [0.25, 0.3) is 12.2 Å². The fraction of sp³-hybridized carbons (Fsp3) is 0.278. The quantitative estimate of drug-likeness (QED) is 0.629. The van der Waals surface area contributed by atoms with E-state index in [0.717, 1.165) is 27.8 Å². The number of aromatic nitrogens is 2. The van der Waals surface area contributed by atoms with Crippen LogP contribution >= 0.6 is 0 Å². The average Bonchev–Trinajstić information content (AvgIpc) is 2.77. The monoisotopic (exact) mass is 310 g/mol. The van der Waals surface area contributed by atoms with E-state index in [9.17, 15) is 0 Å². The summed E-state index contributed by atoms with van der Waals surface area (Å²) in [5.74, 6) is 0.819. The first-order valence-corrected chi connectivity index (χ1v) is 7.52. The molecule has 1 heterocycles. The summed E-state index contributed by atoms with van der Waals surface area (Å²) in [6.45, 7) is 5.78. The minimum Gasteiger partial charge on any atom is -0.378 e. The maximum atomic E-state index is 4.45. The molecule has 0 atom stereocenters. The van der Waals surface area contributed by atoms with Crippen LogP contribution in [0.1, 0.15) is 6.92 Å². The second-order valence-corrected chi connectivity index (χ2v) is 5.47. The predicted molar refractivity (Wildman–Crippen MR) is 95.6 cm³/mol.